The Balaban J connectivity index is 2.31. The Kier molecular flexibility index (Phi) is 3.97. The summed E-state index contributed by atoms with van der Waals surface area (Å²) in [7, 11) is 0. The number of nitrogens with two attached hydrogens (primary N) is 1. The molecule has 1 rings (SSSR count). The summed E-state index contributed by atoms with van der Waals surface area (Å²) in [6.45, 7) is 3.01. The predicted octanol–water partition coefficient (Wildman–Crippen LogP) is 2.58. The summed E-state index contributed by atoms with van der Waals surface area (Å²) < 4.78 is 1.39. The maximum atomic E-state index is 5.45. The summed E-state index contributed by atoms with van der Waals surface area (Å²) >= 11 is 3.71. The molecule has 2 N–H and O–H groups in total. The van der Waals surface area contributed by atoms with Crippen molar-refractivity contribution in [1.82, 2.24) is 0 Å². The van der Waals surface area contributed by atoms with Gasteiger partial charge in [0.2, 0.25) is 0 Å². The van der Waals surface area contributed by atoms with Crippen LogP contribution in [0.15, 0.2) is 21.7 Å². The van der Waals surface area contributed by atoms with Crippen LogP contribution in [0.1, 0.15) is 13.3 Å². The number of hydrogen-bond donors (Lipinski definition) is 1. The first-order valence-electron chi connectivity index (χ1n) is 3.73. The molecule has 1 aromatic rings. The average Bonchev–Trinajstić information content (AvgIpc) is 2.40. The third-order valence-corrected chi connectivity index (χ3v) is 3.63. The Morgan fingerprint density at radius 3 is 3.09 bits per heavy atom. The van der Waals surface area contributed by atoms with Crippen molar-refractivity contribution in [3.8, 4) is 0 Å². The van der Waals surface area contributed by atoms with Crippen LogP contribution < -0.4 is 5.73 Å². The standard InChI is InChI=1S/C8H13NS2/c1-7(4-5-9)11-8-3-2-6-10-8/h2-3,6-7H,4-5,9H2,1H3. The number of thioether (sulfide) groups is 1. The van der Waals surface area contributed by atoms with Crippen molar-refractivity contribution >= 4 is 23.1 Å². The lowest BCUT2D eigenvalue weighted by Crippen LogP contribution is -2.06. The predicted molar refractivity (Wildman–Crippen MR) is 53.3 cm³/mol. The van der Waals surface area contributed by atoms with Gasteiger partial charge in [0, 0.05) is 5.25 Å². The number of rotatable bonds is 4. The Morgan fingerprint density at radius 2 is 2.55 bits per heavy atom. The van der Waals surface area contributed by atoms with Gasteiger partial charge in [0.25, 0.3) is 0 Å². The van der Waals surface area contributed by atoms with Crippen LogP contribution in [0.25, 0.3) is 0 Å². The van der Waals surface area contributed by atoms with E-state index in [2.05, 4.69) is 24.4 Å². The minimum Gasteiger partial charge on any atom is -0.330 e. The molecule has 3 heteroatoms. The quantitative estimate of drug-likeness (QED) is 0.733. The number of hydrogen-bond acceptors (Lipinski definition) is 3. The molecule has 1 atom stereocenters. The van der Waals surface area contributed by atoms with Gasteiger partial charge >= 0.3 is 0 Å². The van der Waals surface area contributed by atoms with E-state index in [1.807, 2.05) is 11.8 Å². The van der Waals surface area contributed by atoms with E-state index in [9.17, 15) is 0 Å². The van der Waals surface area contributed by atoms with Crippen molar-refractivity contribution < 1.29 is 0 Å². The van der Waals surface area contributed by atoms with E-state index in [4.69, 9.17) is 5.73 Å². The molecule has 0 aliphatic carbocycles. The van der Waals surface area contributed by atoms with Crippen molar-refractivity contribution in [2.24, 2.45) is 5.73 Å². The summed E-state index contributed by atoms with van der Waals surface area (Å²) in [5.41, 5.74) is 5.45. The van der Waals surface area contributed by atoms with Gasteiger partial charge in [-0.05, 0) is 24.4 Å². The van der Waals surface area contributed by atoms with Gasteiger partial charge in [-0.15, -0.1) is 23.1 Å². The van der Waals surface area contributed by atoms with Crippen LogP contribution in [-0.2, 0) is 0 Å². The molecule has 0 radical (unpaired) electrons. The molecule has 0 bridgehead atoms. The molecule has 0 spiro atoms. The highest BCUT2D eigenvalue weighted by Gasteiger charge is 2.02. The minimum absolute atomic E-state index is 0.652. The topological polar surface area (TPSA) is 26.0 Å². The maximum absolute atomic E-state index is 5.45. The Bertz CT molecular complexity index is 184. The first kappa shape index (κ1) is 9.10. The van der Waals surface area contributed by atoms with E-state index in [-0.39, 0.29) is 0 Å². The molecular formula is C8H13NS2. The molecule has 0 amide bonds. The van der Waals surface area contributed by atoms with Crippen LogP contribution in [0.3, 0.4) is 0 Å². The summed E-state index contributed by atoms with van der Waals surface area (Å²) in [5.74, 6) is 0. The molecule has 0 aliphatic heterocycles. The third-order valence-electron chi connectivity index (χ3n) is 1.39. The zero-order valence-corrected chi connectivity index (χ0v) is 8.25. The molecule has 62 valence electrons. The molecule has 1 unspecified atom stereocenters. The van der Waals surface area contributed by atoms with Crippen LogP contribution >= 0.6 is 23.1 Å². The maximum Gasteiger partial charge on any atom is 0.0601 e. The van der Waals surface area contributed by atoms with E-state index in [1.165, 1.54) is 4.21 Å². The van der Waals surface area contributed by atoms with E-state index in [1.54, 1.807) is 11.3 Å². The Hall–Kier alpha value is 0.01000. The van der Waals surface area contributed by atoms with Crippen LogP contribution in [0.4, 0.5) is 0 Å². The van der Waals surface area contributed by atoms with Crippen LogP contribution in [-0.4, -0.2) is 11.8 Å². The van der Waals surface area contributed by atoms with E-state index in [0.29, 0.717) is 5.25 Å². The van der Waals surface area contributed by atoms with Crippen molar-refractivity contribution in [2.75, 3.05) is 6.54 Å². The molecule has 0 aromatic carbocycles. The molecule has 0 fully saturated rings. The van der Waals surface area contributed by atoms with E-state index < -0.39 is 0 Å². The average molecular weight is 187 g/mol. The van der Waals surface area contributed by atoms with Gasteiger partial charge in [0.15, 0.2) is 0 Å². The first-order chi connectivity index (χ1) is 5.33. The first-order valence-corrected chi connectivity index (χ1v) is 5.49. The fourth-order valence-electron chi connectivity index (χ4n) is 0.822. The van der Waals surface area contributed by atoms with Crippen LogP contribution in [0.5, 0.6) is 0 Å². The lowest BCUT2D eigenvalue weighted by Gasteiger charge is -2.06. The summed E-state index contributed by atoms with van der Waals surface area (Å²) in [5, 5.41) is 2.76. The van der Waals surface area contributed by atoms with Crippen molar-refractivity contribution in [3.05, 3.63) is 17.5 Å². The normalized spacial score (nSPS) is 13.3. The lowest BCUT2D eigenvalue weighted by atomic mass is 10.3. The molecule has 0 saturated carbocycles. The zero-order chi connectivity index (χ0) is 8.10. The second-order valence-corrected chi connectivity index (χ2v) is 5.12. The lowest BCUT2D eigenvalue weighted by molar-refractivity contribution is 0.824. The van der Waals surface area contributed by atoms with E-state index >= 15 is 0 Å². The molecule has 1 nitrogen and oxygen atoms in total. The molecular weight excluding hydrogens is 174 g/mol. The highest BCUT2D eigenvalue weighted by molar-refractivity contribution is 8.01. The van der Waals surface area contributed by atoms with E-state index in [0.717, 1.165) is 13.0 Å². The Morgan fingerprint density at radius 1 is 1.73 bits per heavy atom. The number of thiophene rings is 1. The molecule has 0 aliphatic rings. The van der Waals surface area contributed by atoms with Crippen LogP contribution in [0.2, 0.25) is 0 Å². The summed E-state index contributed by atoms with van der Waals surface area (Å²) in [6, 6.07) is 4.24. The Labute approximate surface area is 76.0 Å². The van der Waals surface area contributed by atoms with Gasteiger partial charge in [-0.1, -0.05) is 13.0 Å². The van der Waals surface area contributed by atoms with Crippen LogP contribution in [0, 0.1) is 0 Å². The fraction of sp³-hybridized carbons (Fsp3) is 0.500. The third kappa shape index (κ3) is 3.27. The zero-order valence-electron chi connectivity index (χ0n) is 6.62. The molecule has 11 heavy (non-hydrogen) atoms. The molecule has 1 heterocycles. The van der Waals surface area contributed by atoms with Gasteiger partial charge in [0.1, 0.15) is 0 Å². The van der Waals surface area contributed by atoms with Gasteiger partial charge in [-0.25, -0.2) is 0 Å². The second-order valence-electron chi connectivity index (χ2n) is 2.44. The highest BCUT2D eigenvalue weighted by Crippen LogP contribution is 2.28. The molecule has 1 aromatic heterocycles. The van der Waals surface area contributed by atoms with Gasteiger partial charge < -0.3 is 5.73 Å². The summed E-state index contributed by atoms with van der Waals surface area (Å²) in [6.07, 6.45) is 1.10. The van der Waals surface area contributed by atoms with Crippen molar-refractivity contribution in [3.63, 3.8) is 0 Å². The fourth-order valence-corrected chi connectivity index (χ4v) is 2.96. The highest BCUT2D eigenvalue weighted by atomic mass is 32.2. The second kappa shape index (κ2) is 4.80. The SMILES string of the molecule is CC(CCN)Sc1cccs1. The van der Waals surface area contributed by atoms with Crippen molar-refractivity contribution in [2.45, 2.75) is 22.8 Å². The van der Waals surface area contributed by atoms with Crippen molar-refractivity contribution in [1.29, 1.82) is 0 Å². The van der Waals surface area contributed by atoms with Gasteiger partial charge in [-0.2, -0.15) is 0 Å². The largest absolute Gasteiger partial charge is 0.330 e. The van der Waals surface area contributed by atoms with Gasteiger partial charge in [-0.3, -0.25) is 0 Å². The summed E-state index contributed by atoms with van der Waals surface area (Å²) in [4.78, 5) is 0. The molecule has 0 saturated heterocycles. The monoisotopic (exact) mass is 187 g/mol. The van der Waals surface area contributed by atoms with Gasteiger partial charge in [0.05, 0.1) is 4.21 Å². The minimum atomic E-state index is 0.652. The smallest absolute Gasteiger partial charge is 0.0601 e.